The minimum Gasteiger partial charge on any atom is -0.349 e. The zero-order chi connectivity index (χ0) is 13.2. The number of carbonyl (C=O) groups excluding carboxylic acids is 1. The molecule has 1 aliphatic rings. The monoisotopic (exact) mass is 254 g/mol. The second-order valence-corrected chi connectivity index (χ2v) is 4.77. The smallest absolute Gasteiger partial charge is 0.251 e. The summed E-state index contributed by atoms with van der Waals surface area (Å²) in [7, 11) is 0. The van der Waals surface area contributed by atoms with Crippen LogP contribution in [0.1, 0.15) is 23.2 Å². The summed E-state index contributed by atoms with van der Waals surface area (Å²) in [6.07, 6.45) is 3.80. The second-order valence-electron chi connectivity index (χ2n) is 4.77. The minimum absolute atomic E-state index is 0.0335. The van der Waals surface area contributed by atoms with Crippen LogP contribution in [0.15, 0.2) is 47.4 Å². The van der Waals surface area contributed by atoms with Crippen molar-refractivity contribution in [3.63, 3.8) is 0 Å². The van der Waals surface area contributed by atoms with Crippen molar-refractivity contribution in [3.05, 3.63) is 58.5 Å². The molecule has 0 saturated heterocycles. The molecular weight excluding hydrogens is 240 g/mol. The first-order chi connectivity index (χ1) is 9.22. The maximum absolute atomic E-state index is 12.0. The number of pyridine rings is 1. The van der Waals surface area contributed by atoms with Crippen molar-refractivity contribution < 1.29 is 4.79 Å². The average Bonchev–Trinajstić information content (AvgIpc) is 3.24. The van der Waals surface area contributed by atoms with Crippen LogP contribution in [0, 0.1) is 0 Å². The van der Waals surface area contributed by atoms with E-state index in [-0.39, 0.29) is 11.5 Å². The molecule has 1 saturated carbocycles. The highest BCUT2D eigenvalue weighted by Gasteiger charge is 2.23. The fraction of sp³-hybridized carbons (Fsp3) is 0.200. The maximum Gasteiger partial charge on any atom is 0.251 e. The quantitative estimate of drug-likeness (QED) is 0.879. The van der Waals surface area contributed by atoms with Gasteiger partial charge in [0.05, 0.1) is 0 Å². The van der Waals surface area contributed by atoms with E-state index < -0.39 is 0 Å². The van der Waals surface area contributed by atoms with Crippen LogP contribution in [-0.4, -0.2) is 16.9 Å². The lowest BCUT2D eigenvalue weighted by atomic mass is 10.0. The predicted molar refractivity (Wildman–Crippen MR) is 73.0 cm³/mol. The van der Waals surface area contributed by atoms with Crippen molar-refractivity contribution in [2.75, 3.05) is 0 Å². The Hall–Kier alpha value is -2.36. The maximum atomic E-state index is 12.0. The van der Waals surface area contributed by atoms with Gasteiger partial charge in [-0.15, -0.1) is 0 Å². The van der Waals surface area contributed by atoms with E-state index in [1.807, 2.05) is 18.2 Å². The van der Waals surface area contributed by atoms with E-state index in [0.29, 0.717) is 11.6 Å². The molecule has 1 aromatic heterocycles. The molecule has 0 radical (unpaired) electrons. The van der Waals surface area contributed by atoms with E-state index in [1.54, 1.807) is 18.3 Å². The molecular formula is C15H14N2O2. The largest absolute Gasteiger partial charge is 0.349 e. The molecule has 4 nitrogen and oxygen atoms in total. The molecule has 1 heterocycles. The Morgan fingerprint density at radius 3 is 2.68 bits per heavy atom. The molecule has 0 aliphatic heterocycles. The summed E-state index contributed by atoms with van der Waals surface area (Å²) in [5.41, 5.74) is 2.32. The standard InChI is InChI=1S/C15H14N2O2/c18-14-7-4-12(9-16-14)10-2-1-3-11(8-10)15(19)17-13-5-6-13/h1-4,7-9,13H,5-6H2,(H,16,18)(H,17,19). The molecule has 1 fully saturated rings. The first-order valence-electron chi connectivity index (χ1n) is 6.32. The molecule has 0 atom stereocenters. The molecule has 1 amide bonds. The van der Waals surface area contributed by atoms with Crippen LogP contribution in [0.4, 0.5) is 0 Å². The van der Waals surface area contributed by atoms with E-state index in [9.17, 15) is 9.59 Å². The average molecular weight is 254 g/mol. The summed E-state index contributed by atoms with van der Waals surface area (Å²) in [6.45, 7) is 0. The Morgan fingerprint density at radius 2 is 2.00 bits per heavy atom. The fourth-order valence-electron chi connectivity index (χ4n) is 1.93. The van der Waals surface area contributed by atoms with Gasteiger partial charge in [-0.2, -0.15) is 0 Å². The number of hydrogen-bond donors (Lipinski definition) is 2. The number of benzene rings is 1. The number of nitrogens with one attached hydrogen (secondary N) is 2. The Labute approximate surface area is 110 Å². The number of H-pyrrole nitrogens is 1. The Balaban J connectivity index is 1.88. The molecule has 0 unspecified atom stereocenters. The normalized spacial score (nSPS) is 14.1. The third-order valence-electron chi connectivity index (χ3n) is 3.15. The number of rotatable bonds is 3. The number of aromatic amines is 1. The van der Waals surface area contributed by atoms with Crippen molar-refractivity contribution in [2.24, 2.45) is 0 Å². The van der Waals surface area contributed by atoms with Crippen molar-refractivity contribution >= 4 is 5.91 Å². The summed E-state index contributed by atoms with van der Waals surface area (Å²) >= 11 is 0. The van der Waals surface area contributed by atoms with Crippen LogP contribution in [0.3, 0.4) is 0 Å². The molecule has 1 aliphatic carbocycles. The van der Waals surface area contributed by atoms with E-state index in [0.717, 1.165) is 24.0 Å². The Morgan fingerprint density at radius 1 is 1.16 bits per heavy atom. The molecule has 3 rings (SSSR count). The summed E-state index contributed by atoms with van der Waals surface area (Å²) < 4.78 is 0. The van der Waals surface area contributed by atoms with Gasteiger partial charge in [-0.3, -0.25) is 9.59 Å². The van der Waals surface area contributed by atoms with Crippen LogP contribution in [-0.2, 0) is 0 Å². The van der Waals surface area contributed by atoms with Crippen LogP contribution in [0.25, 0.3) is 11.1 Å². The van der Waals surface area contributed by atoms with Gasteiger partial charge in [0.25, 0.3) is 5.91 Å². The van der Waals surface area contributed by atoms with E-state index >= 15 is 0 Å². The zero-order valence-electron chi connectivity index (χ0n) is 10.3. The number of aromatic nitrogens is 1. The van der Waals surface area contributed by atoms with Crippen molar-refractivity contribution in [1.29, 1.82) is 0 Å². The van der Waals surface area contributed by atoms with Crippen LogP contribution in [0.2, 0.25) is 0 Å². The minimum atomic E-state index is -0.133. The van der Waals surface area contributed by atoms with Gasteiger partial charge in [0.2, 0.25) is 5.56 Å². The molecule has 0 spiro atoms. The molecule has 2 aromatic rings. The first-order valence-corrected chi connectivity index (χ1v) is 6.32. The Bertz CT molecular complexity index is 651. The fourth-order valence-corrected chi connectivity index (χ4v) is 1.93. The van der Waals surface area contributed by atoms with Crippen molar-refractivity contribution in [3.8, 4) is 11.1 Å². The lowest BCUT2D eigenvalue weighted by molar-refractivity contribution is 0.0951. The predicted octanol–water partition coefficient (Wildman–Crippen LogP) is 1.93. The van der Waals surface area contributed by atoms with Gasteiger partial charge >= 0.3 is 0 Å². The van der Waals surface area contributed by atoms with Gasteiger partial charge in [-0.25, -0.2) is 0 Å². The molecule has 0 bridgehead atoms. The topological polar surface area (TPSA) is 62.0 Å². The van der Waals surface area contributed by atoms with Crippen LogP contribution < -0.4 is 10.9 Å². The van der Waals surface area contributed by atoms with Gasteiger partial charge in [0, 0.05) is 23.9 Å². The molecule has 2 N–H and O–H groups in total. The summed E-state index contributed by atoms with van der Waals surface area (Å²) in [5, 5.41) is 2.96. The summed E-state index contributed by atoms with van der Waals surface area (Å²) in [5.74, 6) is -0.0335. The van der Waals surface area contributed by atoms with Gasteiger partial charge in [-0.05, 0) is 42.2 Å². The highest BCUT2D eigenvalue weighted by molar-refractivity contribution is 5.95. The highest BCUT2D eigenvalue weighted by Crippen LogP contribution is 2.21. The lowest BCUT2D eigenvalue weighted by Gasteiger charge is -2.06. The SMILES string of the molecule is O=C(NC1CC1)c1cccc(-c2ccc(=O)[nH]c2)c1. The second kappa shape index (κ2) is 4.72. The molecule has 1 aromatic carbocycles. The Kier molecular flexibility index (Phi) is 2.91. The summed E-state index contributed by atoms with van der Waals surface area (Å²) in [6, 6.07) is 11.0. The lowest BCUT2D eigenvalue weighted by Crippen LogP contribution is -2.25. The van der Waals surface area contributed by atoms with Gasteiger partial charge < -0.3 is 10.3 Å². The first kappa shape index (κ1) is 11.7. The number of amides is 1. The number of carbonyl (C=O) groups is 1. The van der Waals surface area contributed by atoms with E-state index in [2.05, 4.69) is 10.3 Å². The van der Waals surface area contributed by atoms with Crippen LogP contribution >= 0.6 is 0 Å². The van der Waals surface area contributed by atoms with Crippen LogP contribution in [0.5, 0.6) is 0 Å². The number of hydrogen-bond acceptors (Lipinski definition) is 2. The molecule has 19 heavy (non-hydrogen) atoms. The van der Waals surface area contributed by atoms with Gasteiger partial charge in [0.1, 0.15) is 0 Å². The zero-order valence-corrected chi connectivity index (χ0v) is 10.3. The third-order valence-corrected chi connectivity index (χ3v) is 3.15. The van der Waals surface area contributed by atoms with Gasteiger partial charge in [0.15, 0.2) is 0 Å². The summed E-state index contributed by atoms with van der Waals surface area (Å²) in [4.78, 5) is 25.6. The third kappa shape index (κ3) is 2.73. The van der Waals surface area contributed by atoms with Gasteiger partial charge in [-0.1, -0.05) is 12.1 Å². The van der Waals surface area contributed by atoms with E-state index in [4.69, 9.17) is 0 Å². The molecule has 4 heteroatoms. The van der Waals surface area contributed by atoms with Crippen molar-refractivity contribution in [2.45, 2.75) is 18.9 Å². The van der Waals surface area contributed by atoms with Crippen molar-refractivity contribution in [1.82, 2.24) is 10.3 Å². The van der Waals surface area contributed by atoms with E-state index in [1.165, 1.54) is 6.07 Å². The highest BCUT2D eigenvalue weighted by atomic mass is 16.1. The molecule has 96 valence electrons.